The Morgan fingerprint density at radius 1 is 0.943 bits per heavy atom. The molecule has 2 aliphatic heterocycles. The molecule has 3 aromatic carbocycles. The highest BCUT2D eigenvalue weighted by molar-refractivity contribution is 6.00. The summed E-state index contributed by atoms with van der Waals surface area (Å²) in [6, 6.07) is 23.3. The minimum Gasteiger partial charge on any atom is -0.497 e. The van der Waals surface area contributed by atoms with Crippen LogP contribution in [0.1, 0.15) is 53.3 Å². The number of fused-ring (bicyclic) bond motifs is 3. The van der Waals surface area contributed by atoms with Crippen LogP contribution in [0, 0.1) is 12.3 Å². The van der Waals surface area contributed by atoms with Gasteiger partial charge in [-0.05, 0) is 86.1 Å². The van der Waals surface area contributed by atoms with Gasteiger partial charge in [-0.15, -0.1) is 0 Å². The Morgan fingerprint density at radius 3 is 2.55 bits per heavy atom. The van der Waals surface area contributed by atoms with Crippen molar-refractivity contribution >= 4 is 28.3 Å². The topological polar surface area (TPSA) is 133 Å². The molecule has 4 aliphatic rings. The van der Waals surface area contributed by atoms with Gasteiger partial charge >= 0.3 is 6.03 Å². The zero-order valence-electron chi connectivity index (χ0n) is 30.7. The summed E-state index contributed by atoms with van der Waals surface area (Å²) in [5.74, 6) is 2.76. The van der Waals surface area contributed by atoms with Crippen molar-refractivity contribution in [3.63, 3.8) is 0 Å². The van der Waals surface area contributed by atoms with Crippen LogP contribution in [0.2, 0.25) is 0 Å². The molecule has 2 aromatic heterocycles. The SMILES string of the molecule is COc1ccc(CNc2nccc3c(NCC45CC(COc6cc(C)n(C)c(=O)c6)(C4)C(c4ccc6c(c4)CCC6)N5C(N)=O)cccc23)c(OC)c1. The molecule has 1 saturated carbocycles. The van der Waals surface area contributed by atoms with Gasteiger partial charge in [-0.2, -0.15) is 0 Å². The van der Waals surface area contributed by atoms with Crippen LogP contribution < -0.4 is 36.1 Å². The third kappa shape index (κ3) is 5.97. The maximum Gasteiger partial charge on any atom is 0.315 e. The van der Waals surface area contributed by atoms with E-state index in [-0.39, 0.29) is 17.0 Å². The highest BCUT2D eigenvalue weighted by Crippen LogP contribution is 2.69. The van der Waals surface area contributed by atoms with Gasteiger partial charge < -0.3 is 40.0 Å². The van der Waals surface area contributed by atoms with E-state index in [0.717, 1.165) is 69.9 Å². The lowest BCUT2D eigenvalue weighted by molar-refractivity contribution is 0.0382. The van der Waals surface area contributed by atoms with Crippen molar-refractivity contribution < 1.29 is 19.0 Å². The summed E-state index contributed by atoms with van der Waals surface area (Å²) in [5, 5.41) is 9.21. The molecule has 9 rings (SSSR count). The number of nitrogens with zero attached hydrogens (tertiary/aromatic N) is 3. The number of hydrogen-bond donors (Lipinski definition) is 3. The number of urea groups is 1. The van der Waals surface area contributed by atoms with Crippen LogP contribution >= 0.6 is 0 Å². The summed E-state index contributed by atoms with van der Waals surface area (Å²) < 4.78 is 19.0. The molecular weight excluding hydrogens is 668 g/mol. The third-order valence-corrected chi connectivity index (χ3v) is 11.7. The maximum atomic E-state index is 13.5. The third-order valence-electron chi connectivity index (χ3n) is 11.7. The molecule has 4 heterocycles. The normalized spacial score (nSPS) is 21.2. The predicted octanol–water partition coefficient (Wildman–Crippen LogP) is 6.51. The molecule has 3 fully saturated rings. The van der Waals surface area contributed by atoms with Crippen molar-refractivity contribution in [2.45, 2.75) is 57.2 Å². The lowest BCUT2D eigenvalue weighted by Crippen LogP contribution is -2.57. The Bertz CT molecular complexity index is 2280. The van der Waals surface area contributed by atoms with Crippen LogP contribution in [0.15, 0.2) is 83.8 Å². The van der Waals surface area contributed by atoms with Gasteiger partial charge in [0.25, 0.3) is 5.56 Å². The molecule has 0 spiro atoms. The van der Waals surface area contributed by atoms with Gasteiger partial charge in [0.2, 0.25) is 0 Å². The molecular formula is C42H46N6O5. The zero-order valence-corrected chi connectivity index (χ0v) is 30.7. The Morgan fingerprint density at radius 2 is 1.77 bits per heavy atom. The molecule has 2 amide bonds. The fraction of sp³-hybridized carbons (Fsp3) is 0.357. The molecule has 1 atom stereocenters. The van der Waals surface area contributed by atoms with E-state index in [2.05, 4.69) is 45.9 Å². The van der Waals surface area contributed by atoms with E-state index in [1.807, 2.05) is 48.2 Å². The molecule has 2 saturated heterocycles. The van der Waals surface area contributed by atoms with E-state index in [4.69, 9.17) is 19.9 Å². The first-order valence-electron chi connectivity index (χ1n) is 18.2. The summed E-state index contributed by atoms with van der Waals surface area (Å²) in [6.07, 6.45) is 6.49. The Labute approximate surface area is 309 Å². The number of anilines is 2. The van der Waals surface area contributed by atoms with Crippen molar-refractivity contribution in [1.82, 2.24) is 14.5 Å². The number of carbonyl (C=O) groups is 1. The first-order valence-corrected chi connectivity index (χ1v) is 18.2. The molecule has 2 aliphatic carbocycles. The number of ether oxygens (including phenoxy) is 3. The molecule has 4 N–H and O–H groups in total. The fourth-order valence-electron chi connectivity index (χ4n) is 9.17. The number of methoxy groups -OCH3 is 2. The molecule has 53 heavy (non-hydrogen) atoms. The largest absolute Gasteiger partial charge is 0.497 e. The van der Waals surface area contributed by atoms with Gasteiger partial charge in [0.05, 0.1) is 32.4 Å². The first-order chi connectivity index (χ1) is 25.6. The van der Waals surface area contributed by atoms with Gasteiger partial charge in [0, 0.05) is 71.6 Å². The monoisotopic (exact) mass is 714 g/mol. The van der Waals surface area contributed by atoms with Crippen LogP contribution in [-0.4, -0.2) is 53.4 Å². The second-order valence-corrected chi connectivity index (χ2v) is 14.9. The van der Waals surface area contributed by atoms with Gasteiger partial charge in [-0.3, -0.25) is 4.79 Å². The lowest BCUT2D eigenvalue weighted by atomic mass is 9.59. The Hall–Kier alpha value is -5.71. The number of aryl methyl sites for hydroxylation is 3. The molecule has 11 nitrogen and oxygen atoms in total. The van der Waals surface area contributed by atoms with Crippen LogP contribution in [0.3, 0.4) is 0 Å². The van der Waals surface area contributed by atoms with Crippen molar-refractivity contribution in [3.8, 4) is 17.2 Å². The summed E-state index contributed by atoms with van der Waals surface area (Å²) in [7, 11) is 5.04. The Balaban J connectivity index is 1.07. The van der Waals surface area contributed by atoms with Gasteiger partial charge in [0.1, 0.15) is 23.1 Å². The molecule has 5 aromatic rings. The maximum absolute atomic E-state index is 13.5. The standard InChI is InChI=1S/C42H46N6O5/c1-26-17-32(20-37(49)47(26)2)53-25-41-22-42(23-41,48(40(43)50)38(41)29-12-11-27-7-5-8-28(27)18-29)24-46-35-10-6-9-34-33(35)15-16-44-39(34)45-21-30-13-14-31(51-3)19-36(30)52-4/h6,9-20,38,46H,5,7-8,21-25H2,1-4H3,(H2,43,50)(H,44,45). The number of nitrogens with one attached hydrogen (secondary N) is 2. The van der Waals surface area contributed by atoms with E-state index >= 15 is 0 Å². The van der Waals surface area contributed by atoms with E-state index in [0.29, 0.717) is 38.3 Å². The van der Waals surface area contributed by atoms with Crippen molar-refractivity contribution in [3.05, 3.63) is 117 Å². The number of pyridine rings is 2. The van der Waals surface area contributed by atoms with E-state index in [9.17, 15) is 9.59 Å². The van der Waals surface area contributed by atoms with Gasteiger partial charge in [0.15, 0.2) is 0 Å². The van der Waals surface area contributed by atoms with E-state index < -0.39 is 11.6 Å². The van der Waals surface area contributed by atoms with Crippen LogP contribution in [0.25, 0.3) is 10.8 Å². The number of carbonyl (C=O) groups excluding carboxylic acids is 1. The zero-order chi connectivity index (χ0) is 36.9. The second-order valence-electron chi connectivity index (χ2n) is 14.9. The number of amides is 2. The quantitative estimate of drug-likeness (QED) is 0.133. The second kappa shape index (κ2) is 13.4. The van der Waals surface area contributed by atoms with E-state index in [1.165, 1.54) is 17.2 Å². The minimum absolute atomic E-state index is 0.117. The number of rotatable bonds is 12. The van der Waals surface area contributed by atoms with Crippen LogP contribution in [0.4, 0.5) is 16.3 Å². The van der Waals surface area contributed by atoms with Crippen LogP contribution in [-0.2, 0) is 26.4 Å². The summed E-state index contributed by atoms with van der Waals surface area (Å²) in [6.45, 7) is 3.28. The minimum atomic E-state index is -0.525. The van der Waals surface area contributed by atoms with Crippen molar-refractivity contribution in [2.75, 3.05) is 38.0 Å². The highest BCUT2D eigenvalue weighted by Gasteiger charge is 2.72. The van der Waals surface area contributed by atoms with Gasteiger partial charge in [-0.1, -0.05) is 30.3 Å². The van der Waals surface area contributed by atoms with E-state index in [1.54, 1.807) is 32.0 Å². The fourth-order valence-corrected chi connectivity index (χ4v) is 9.17. The van der Waals surface area contributed by atoms with Gasteiger partial charge in [-0.25, -0.2) is 9.78 Å². The Kier molecular flexibility index (Phi) is 8.67. The first kappa shape index (κ1) is 34.4. The van der Waals surface area contributed by atoms with Crippen molar-refractivity contribution in [1.29, 1.82) is 0 Å². The summed E-state index contributed by atoms with van der Waals surface area (Å²) in [5.41, 5.74) is 11.8. The number of hydrogen-bond acceptors (Lipinski definition) is 8. The molecule has 274 valence electrons. The summed E-state index contributed by atoms with van der Waals surface area (Å²) >= 11 is 0. The molecule has 1 unspecified atom stereocenters. The number of nitrogens with two attached hydrogens (primary N) is 1. The number of benzene rings is 3. The smallest absolute Gasteiger partial charge is 0.315 e. The predicted molar refractivity (Wildman–Crippen MR) is 206 cm³/mol. The van der Waals surface area contributed by atoms with Crippen LogP contribution in [0.5, 0.6) is 17.2 Å². The average molecular weight is 715 g/mol. The molecule has 2 bridgehead atoms. The van der Waals surface area contributed by atoms with Crippen molar-refractivity contribution in [2.24, 2.45) is 18.2 Å². The summed E-state index contributed by atoms with van der Waals surface area (Å²) in [4.78, 5) is 32.7. The molecule has 11 heteroatoms. The average Bonchev–Trinajstić information content (AvgIpc) is 3.82. The number of aromatic nitrogens is 2. The number of primary amides is 1. The molecule has 0 radical (unpaired) electrons. The highest BCUT2D eigenvalue weighted by atomic mass is 16.5. The lowest BCUT2D eigenvalue weighted by Gasteiger charge is -2.47.